The molecule has 1 aromatic carbocycles. The lowest BCUT2D eigenvalue weighted by Gasteiger charge is -1.93. The average Bonchev–Trinajstić information content (AvgIpc) is 2.17. The van der Waals surface area contributed by atoms with Crippen molar-refractivity contribution in [1.29, 1.82) is 0 Å². The second-order valence-electron chi connectivity index (χ2n) is 2.44. The molecule has 2 aromatic rings. The first-order valence-corrected chi connectivity index (χ1v) is 3.63. The van der Waals surface area contributed by atoms with Gasteiger partial charge in [0.15, 0.2) is 0 Å². The molecule has 0 aliphatic heterocycles. The van der Waals surface area contributed by atoms with E-state index in [1.54, 1.807) is 6.07 Å². The number of nitrogens with zero attached hydrogens (tertiary/aromatic N) is 1. The molecule has 12 heavy (non-hydrogen) atoms. The SMILES string of the molecule is N/N=c1/ccc2ccccc2o1. The van der Waals surface area contributed by atoms with Crippen LogP contribution in [-0.2, 0) is 0 Å². The molecule has 1 heterocycles. The van der Waals surface area contributed by atoms with Gasteiger partial charge in [-0.1, -0.05) is 18.2 Å². The summed E-state index contributed by atoms with van der Waals surface area (Å²) in [6.07, 6.45) is 0. The summed E-state index contributed by atoms with van der Waals surface area (Å²) >= 11 is 0. The fourth-order valence-corrected chi connectivity index (χ4v) is 1.09. The van der Waals surface area contributed by atoms with Gasteiger partial charge in [0.25, 0.3) is 0 Å². The summed E-state index contributed by atoms with van der Waals surface area (Å²) in [5.74, 6) is 5.07. The van der Waals surface area contributed by atoms with E-state index < -0.39 is 0 Å². The van der Waals surface area contributed by atoms with Gasteiger partial charge in [0.2, 0.25) is 5.55 Å². The van der Waals surface area contributed by atoms with E-state index in [-0.39, 0.29) is 0 Å². The van der Waals surface area contributed by atoms with Crippen molar-refractivity contribution in [3.8, 4) is 0 Å². The zero-order valence-corrected chi connectivity index (χ0v) is 6.40. The summed E-state index contributed by atoms with van der Waals surface area (Å²) in [6.45, 7) is 0. The Hall–Kier alpha value is -1.77. The van der Waals surface area contributed by atoms with Crippen LogP contribution >= 0.6 is 0 Å². The topological polar surface area (TPSA) is 51.5 Å². The van der Waals surface area contributed by atoms with E-state index in [0.717, 1.165) is 11.0 Å². The highest BCUT2D eigenvalue weighted by Gasteiger charge is 1.91. The van der Waals surface area contributed by atoms with E-state index in [9.17, 15) is 0 Å². The van der Waals surface area contributed by atoms with Crippen molar-refractivity contribution in [2.24, 2.45) is 10.9 Å². The second-order valence-corrected chi connectivity index (χ2v) is 2.44. The lowest BCUT2D eigenvalue weighted by atomic mass is 10.2. The smallest absolute Gasteiger partial charge is 0.235 e. The van der Waals surface area contributed by atoms with Crippen LogP contribution in [0.2, 0.25) is 0 Å². The van der Waals surface area contributed by atoms with Gasteiger partial charge in [0, 0.05) is 11.5 Å². The van der Waals surface area contributed by atoms with Crippen LogP contribution in [-0.4, -0.2) is 0 Å². The monoisotopic (exact) mass is 160 g/mol. The highest BCUT2D eigenvalue weighted by Crippen LogP contribution is 2.09. The van der Waals surface area contributed by atoms with Gasteiger partial charge in [-0.15, -0.1) is 5.10 Å². The van der Waals surface area contributed by atoms with Gasteiger partial charge < -0.3 is 10.3 Å². The Morgan fingerprint density at radius 3 is 2.75 bits per heavy atom. The molecule has 0 fully saturated rings. The van der Waals surface area contributed by atoms with Crippen LogP contribution in [0.3, 0.4) is 0 Å². The van der Waals surface area contributed by atoms with E-state index >= 15 is 0 Å². The Kier molecular flexibility index (Phi) is 1.55. The van der Waals surface area contributed by atoms with Gasteiger partial charge in [-0.3, -0.25) is 0 Å². The van der Waals surface area contributed by atoms with E-state index in [4.69, 9.17) is 10.3 Å². The van der Waals surface area contributed by atoms with Crippen molar-refractivity contribution in [2.45, 2.75) is 0 Å². The normalized spacial score (nSPS) is 12.2. The summed E-state index contributed by atoms with van der Waals surface area (Å²) in [5, 5.41) is 4.50. The first-order valence-electron chi connectivity index (χ1n) is 3.63. The van der Waals surface area contributed by atoms with Crippen LogP contribution in [0.5, 0.6) is 0 Å². The van der Waals surface area contributed by atoms with Crippen LogP contribution < -0.4 is 11.4 Å². The Morgan fingerprint density at radius 1 is 1.08 bits per heavy atom. The molecule has 3 nitrogen and oxygen atoms in total. The number of hydrogen-bond acceptors (Lipinski definition) is 3. The Bertz CT molecular complexity index is 459. The standard InChI is InChI=1S/C9H8N2O/c10-11-9-6-5-7-3-1-2-4-8(7)12-9/h1-6H,10H2/b11-9-. The van der Waals surface area contributed by atoms with Crippen LogP contribution in [0, 0.1) is 0 Å². The van der Waals surface area contributed by atoms with Crippen molar-refractivity contribution in [3.63, 3.8) is 0 Å². The molecule has 0 bridgehead atoms. The van der Waals surface area contributed by atoms with Crippen molar-refractivity contribution < 1.29 is 4.42 Å². The predicted molar refractivity (Wildman–Crippen MR) is 46.0 cm³/mol. The number of fused-ring (bicyclic) bond motifs is 1. The Balaban J connectivity index is 2.85. The zero-order chi connectivity index (χ0) is 8.39. The van der Waals surface area contributed by atoms with Crippen LogP contribution in [0.15, 0.2) is 45.9 Å². The predicted octanol–water partition coefficient (Wildman–Crippen LogP) is 1.21. The molecule has 60 valence electrons. The minimum absolute atomic E-state index is 0.439. The lowest BCUT2D eigenvalue weighted by Crippen LogP contribution is -2.02. The molecule has 2 rings (SSSR count). The lowest BCUT2D eigenvalue weighted by molar-refractivity contribution is 0.537. The third-order valence-electron chi connectivity index (χ3n) is 1.67. The maximum atomic E-state index is 5.32. The molecular formula is C9H8N2O. The van der Waals surface area contributed by atoms with Crippen molar-refractivity contribution >= 4 is 11.0 Å². The molecule has 0 saturated heterocycles. The summed E-state index contributed by atoms with van der Waals surface area (Å²) in [4.78, 5) is 0. The highest BCUT2D eigenvalue weighted by atomic mass is 16.3. The van der Waals surface area contributed by atoms with Gasteiger partial charge in [-0.25, -0.2) is 0 Å². The van der Waals surface area contributed by atoms with Gasteiger partial charge in [0.1, 0.15) is 5.58 Å². The first-order chi connectivity index (χ1) is 5.90. The molecular weight excluding hydrogens is 152 g/mol. The highest BCUT2D eigenvalue weighted by molar-refractivity contribution is 5.75. The number of hydrogen-bond donors (Lipinski definition) is 1. The number of benzene rings is 1. The van der Waals surface area contributed by atoms with Gasteiger partial charge in [0.05, 0.1) is 0 Å². The largest absolute Gasteiger partial charge is 0.437 e. The van der Waals surface area contributed by atoms with Crippen molar-refractivity contribution in [2.75, 3.05) is 0 Å². The van der Waals surface area contributed by atoms with Crippen LogP contribution in [0.1, 0.15) is 0 Å². The van der Waals surface area contributed by atoms with Crippen molar-refractivity contribution in [3.05, 3.63) is 42.0 Å². The molecule has 3 heteroatoms. The molecule has 1 aromatic heterocycles. The third kappa shape index (κ3) is 1.05. The maximum absolute atomic E-state index is 5.32. The minimum atomic E-state index is 0.439. The number of rotatable bonds is 0. The number of para-hydroxylation sites is 1. The van der Waals surface area contributed by atoms with Crippen LogP contribution in [0.25, 0.3) is 11.0 Å². The quantitative estimate of drug-likeness (QED) is 0.465. The molecule has 0 spiro atoms. The zero-order valence-electron chi connectivity index (χ0n) is 6.40. The fraction of sp³-hybridized carbons (Fsp3) is 0. The molecule has 0 saturated carbocycles. The Morgan fingerprint density at radius 2 is 1.92 bits per heavy atom. The van der Waals surface area contributed by atoms with Gasteiger partial charge in [-0.05, 0) is 12.1 Å². The summed E-state index contributed by atoms with van der Waals surface area (Å²) < 4.78 is 5.32. The summed E-state index contributed by atoms with van der Waals surface area (Å²) in [5.41, 5.74) is 1.23. The van der Waals surface area contributed by atoms with E-state index in [2.05, 4.69) is 5.10 Å². The van der Waals surface area contributed by atoms with E-state index in [1.807, 2.05) is 30.3 Å². The molecule has 0 atom stereocenters. The molecule has 0 unspecified atom stereocenters. The first kappa shape index (κ1) is 6.91. The van der Waals surface area contributed by atoms with E-state index in [1.165, 1.54) is 0 Å². The van der Waals surface area contributed by atoms with Crippen LogP contribution in [0.4, 0.5) is 0 Å². The molecule has 2 N–H and O–H groups in total. The molecule has 0 amide bonds. The van der Waals surface area contributed by atoms with Gasteiger partial charge >= 0.3 is 0 Å². The van der Waals surface area contributed by atoms with E-state index in [0.29, 0.717) is 5.55 Å². The van der Waals surface area contributed by atoms with Gasteiger partial charge in [-0.2, -0.15) is 0 Å². The second kappa shape index (κ2) is 2.70. The third-order valence-corrected chi connectivity index (χ3v) is 1.67. The molecule has 0 aliphatic rings. The number of nitrogens with two attached hydrogens (primary N) is 1. The Labute approximate surface area is 69.1 Å². The minimum Gasteiger partial charge on any atom is -0.437 e. The molecule has 0 aliphatic carbocycles. The average molecular weight is 160 g/mol. The van der Waals surface area contributed by atoms with Crippen molar-refractivity contribution in [1.82, 2.24) is 0 Å². The maximum Gasteiger partial charge on any atom is 0.235 e. The summed E-state index contributed by atoms with van der Waals surface area (Å²) in [6, 6.07) is 11.4. The fourth-order valence-electron chi connectivity index (χ4n) is 1.09. The summed E-state index contributed by atoms with van der Waals surface area (Å²) in [7, 11) is 0. The molecule has 0 radical (unpaired) electrons.